The lowest BCUT2D eigenvalue weighted by Crippen LogP contribution is -2.43. The second kappa shape index (κ2) is 5.10. The van der Waals surface area contributed by atoms with Gasteiger partial charge in [0.15, 0.2) is 0 Å². The maximum Gasteiger partial charge on any atom is 0.0718 e. The van der Waals surface area contributed by atoms with Crippen LogP contribution in [-0.4, -0.2) is 49.0 Å². The molecule has 0 aromatic carbocycles. The van der Waals surface area contributed by atoms with Crippen LogP contribution >= 0.6 is 0 Å². The average Bonchev–Trinajstić information content (AvgIpc) is 2.06. The molecule has 1 aliphatic rings. The van der Waals surface area contributed by atoms with Crippen LogP contribution in [0.15, 0.2) is 0 Å². The molecule has 14 heavy (non-hydrogen) atoms. The third-order valence-electron chi connectivity index (χ3n) is 2.72. The molecule has 1 aliphatic heterocycles. The van der Waals surface area contributed by atoms with Crippen LogP contribution in [0.2, 0.25) is 0 Å². The number of methoxy groups -OCH3 is 1. The van der Waals surface area contributed by atoms with E-state index in [1.807, 2.05) is 13.8 Å². The number of rotatable bonds is 4. The zero-order valence-electron chi connectivity index (χ0n) is 9.62. The Kier molecular flexibility index (Phi) is 4.35. The molecule has 3 nitrogen and oxygen atoms in total. The highest BCUT2D eigenvalue weighted by molar-refractivity contribution is 4.77. The van der Waals surface area contributed by atoms with Crippen LogP contribution in [0.3, 0.4) is 0 Å². The van der Waals surface area contributed by atoms with Crippen molar-refractivity contribution in [2.45, 2.75) is 32.3 Å². The maximum absolute atomic E-state index is 9.67. The molecule has 0 unspecified atom stereocenters. The van der Waals surface area contributed by atoms with Crippen molar-refractivity contribution in [3.63, 3.8) is 0 Å². The first-order valence-corrected chi connectivity index (χ1v) is 5.45. The number of aliphatic hydroxyl groups is 1. The predicted octanol–water partition coefficient (Wildman–Crippen LogP) is 1.12. The maximum atomic E-state index is 9.67. The normalized spacial score (nSPS) is 21.4. The summed E-state index contributed by atoms with van der Waals surface area (Å²) in [6.45, 7) is 7.60. The van der Waals surface area contributed by atoms with Crippen molar-refractivity contribution in [3.8, 4) is 0 Å². The van der Waals surface area contributed by atoms with E-state index in [9.17, 15) is 5.11 Å². The third kappa shape index (κ3) is 4.40. The van der Waals surface area contributed by atoms with Crippen molar-refractivity contribution in [1.29, 1.82) is 0 Å². The van der Waals surface area contributed by atoms with Crippen LogP contribution in [0.5, 0.6) is 0 Å². The average molecular weight is 201 g/mol. The Balaban J connectivity index is 2.22. The summed E-state index contributed by atoms with van der Waals surface area (Å²) in [5, 5.41) is 9.67. The molecular formula is C11H23NO2. The molecule has 0 spiro atoms. The lowest BCUT2D eigenvalue weighted by atomic mass is 9.96. The van der Waals surface area contributed by atoms with Gasteiger partial charge in [-0.15, -0.1) is 0 Å². The number of ether oxygens (including phenoxy) is 1. The van der Waals surface area contributed by atoms with E-state index in [-0.39, 0.29) is 0 Å². The molecule has 1 rings (SSSR count). The molecule has 0 aliphatic carbocycles. The smallest absolute Gasteiger partial charge is 0.0718 e. The minimum atomic E-state index is -0.561. The highest BCUT2D eigenvalue weighted by Gasteiger charge is 2.23. The van der Waals surface area contributed by atoms with Gasteiger partial charge in [-0.2, -0.15) is 0 Å². The summed E-state index contributed by atoms with van der Waals surface area (Å²) in [4.78, 5) is 2.34. The summed E-state index contributed by atoms with van der Waals surface area (Å²) < 4.78 is 5.15. The van der Waals surface area contributed by atoms with Gasteiger partial charge in [0.1, 0.15) is 0 Å². The van der Waals surface area contributed by atoms with Crippen LogP contribution < -0.4 is 0 Å². The fraction of sp³-hybridized carbons (Fsp3) is 1.00. The van der Waals surface area contributed by atoms with Gasteiger partial charge >= 0.3 is 0 Å². The number of β-amino-alcohol motifs (C(OH)–C–C–N with tert-alkyl or cyclic N) is 1. The minimum absolute atomic E-state index is 0.561. The summed E-state index contributed by atoms with van der Waals surface area (Å²) in [5.41, 5.74) is -0.561. The zero-order chi connectivity index (χ0) is 10.6. The van der Waals surface area contributed by atoms with Crippen molar-refractivity contribution in [2.75, 3.05) is 33.4 Å². The van der Waals surface area contributed by atoms with Crippen LogP contribution in [-0.2, 0) is 4.74 Å². The molecule has 1 N–H and O–H groups in total. The van der Waals surface area contributed by atoms with Gasteiger partial charge < -0.3 is 14.7 Å². The molecule has 0 amide bonds. The molecular weight excluding hydrogens is 178 g/mol. The first kappa shape index (κ1) is 12.0. The number of likely N-dealkylation sites (tertiary alicyclic amines) is 1. The summed E-state index contributed by atoms with van der Waals surface area (Å²) >= 11 is 0. The van der Waals surface area contributed by atoms with Crippen LogP contribution in [0.1, 0.15) is 26.7 Å². The molecule has 3 heteroatoms. The van der Waals surface area contributed by atoms with E-state index in [2.05, 4.69) is 4.90 Å². The fourth-order valence-corrected chi connectivity index (χ4v) is 2.09. The third-order valence-corrected chi connectivity index (χ3v) is 2.72. The van der Waals surface area contributed by atoms with Gasteiger partial charge in [0.25, 0.3) is 0 Å². The van der Waals surface area contributed by atoms with Crippen molar-refractivity contribution >= 4 is 0 Å². The Bertz CT molecular complexity index is 157. The topological polar surface area (TPSA) is 32.7 Å². The zero-order valence-corrected chi connectivity index (χ0v) is 9.62. The Hall–Kier alpha value is -0.120. The van der Waals surface area contributed by atoms with E-state index >= 15 is 0 Å². The van der Waals surface area contributed by atoms with Gasteiger partial charge in [-0.25, -0.2) is 0 Å². The summed E-state index contributed by atoms with van der Waals surface area (Å²) in [7, 11) is 1.77. The lowest BCUT2D eigenvalue weighted by molar-refractivity contribution is 0.0175. The highest BCUT2D eigenvalue weighted by atomic mass is 16.5. The number of hydrogen-bond donors (Lipinski definition) is 1. The van der Waals surface area contributed by atoms with Crippen molar-refractivity contribution in [2.24, 2.45) is 5.92 Å². The van der Waals surface area contributed by atoms with E-state index in [1.165, 1.54) is 12.8 Å². The van der Waals surface area contributed by atoms with Crippen LogP contribution in [0.4, 0.5) is 0 Å². The summed E-state index contributed by atoms with van der Waals surface area (Å²) in [6, 6.07) is 0. The number of nitrogens with zero attached hydrogens (tertiary/aromatic N) is 1. The fourth-order valence-electron chi connectivity index (χ4n) is 2.09. The monoisotopic (exact) mass is 201 g/mol. The summed E-state index contributed by atoms with van der Waals surface area (Å²) in [6.07, 6.45) is 2.40. The van der Waals surface area contributed by atoms with E-state index in [1.54, 1.807) is 7.11 Å². The molecule has 0 atom stereocenters. The molecule has 0 bridgehead atoms. The quantitative estimate of drug-likeness (QED) is 0.739. The van der Waals surface area contributed by atoms with Gasteiger partial charge in [-0.05, 0) is 45.7 Å². The molecule has 1 heterocycles. The standard InChI is InChI=1S/C11H23NO2/c1-11(2,13)9-12-6-4-10(5-7-12)8-14-3/h10,13H,4-9H2,1-3H3. The molecule has 1 fully saturated rings. The second-order valence-electron chi connectivity index (χ2n) is 4.99. The molecule has 0 saturated carbocycles. The van der Waals surface area contributed by atoms with Crippen molar-refractivity contribution in [1.82, 2.24) is 4.90 Å². The van der Waals surface area contributed by atoms with E-state index < -0.39 is 5.60 Å². The number of hydrogen-bond acceptors (Lipinski definition) is 3. The largest absolute Gasteiger partial charge is 0.389 e. The van der Waals surface area contributed by atoms with Crippen molar-refractivity contribution < 1.29 is 9.84 Å². The van der Waals surface area contributed by atoms with Gasteiger partial charge in [0, 0.05) is 20.3 Å². The minimum Gasteiger partial charge on any atom is -0.389 e. The Morgan fingerprint density at radius 3 is 2.36 bits per heavy atom. The molecule has 0 aromatic heterocycles. The van der Waals surface area contributed by atoms with Gasteiger partial charge in [0.2, 0.25) is 0 Å². The number of piperidine rings is 1. The van der Waals surface area contributed by atoms with Crippen LogP contribution in [0.25, 0.3) is 0 Å². The Morgan fingerprint density at radius 2 is 1.93 bits per heavy atom. The van der Waals surface area contributed by atoms with Gasteiger partial charge in [0.05, 0.1) is 5.60 Å². The first-order chi connectivity index (χ1) is 6.51. The highest BCUT2D eigenvalue weighted by Crippen LogP contribution is 2.18. The molecule has 0 radical (unpaired) electrons. The lowest BCUT2D eigenvalue weighted by Gasteiger charge is -2.35. The van der Waals surface area contributed by atoms with E-state index in [4.69, 9.17) is 4.74 Å². The molecule has 1 saturated heterocycles. The molecule has 0 aromatic rings. The SMILES string of the molecule is COCC1CCN(CC(C)(C)O)CC1. The van der Waals surface area contributed by atoms with E-state index in [0.29, 0.717) is 0 Å². The predicted molar refractivity (Wildman–Crippen MR) is 57.3 cm³/mol. The second-order valence-corrected chi connectivity index (χ2v) is 4.99. The Morgan fingerprint density at radius 1 is 1.36 bits per heavy atom. The van der Waals surface area contributed by atoms with Crippen LogP contribution in [0, 0.1) is 5.92 Å². The van der Waals surface area contributed by atoms with Gasteiger partial charge in [-0.3, -0.25) is 0 Å². The van der Waals surface area contributed by atoms with Gasteiger partial charge in [-0.1, -0.05) is 0 Å². The summed E-state index contributed by atoms with van der Waals surface area (Å²) in [5.74, 6) is 0.720. The van der Waals surface area contributed by atoms with E-state index in [0.717, 1.165) is 32.2 Å². The Labute approximate surface area is 87.1 Å². The first-order valence-electron chi connectivity index (χ1n) is 5.45. The van der Waals surface area contributed by atoms with Crippen molar-refractivity contribution in [3.05, 3.63) is 0 Å². The molecule has 84 valence electrons.